The van der Waals surface area contributed by atoms with E-state index in [4.69, 9.17) is 14.2 Å². The molecule has 1 amide bonds. The van der Waals surface area contributed by atoms with Crippen molar-refractivity contribution in [3.8, 4) is 11.6 Å². The molecule has 2 heterocycles. The number of rotatable bonds is 7. The predicted molar refractivity (Wildman–Crippen MR) is 97.4 cm³/mol. The molecule has 3 rings (SSSR count). The second-order valence-corrected chi connectivity index (χ2v) is 6.19. The fraction of sp³-hybridized carbons (Fsp3) is 0.400. The molecule has 0 unspecified atom stereocenters. The molecular formula is C20H24N2O4. The summed E-state index contributed by atoms with van der Waals surface area (Å²) >= 11 is 0. The van der Waals surface area contributed by atoms with Crippen LogP contribution in [-0.4, -0.2) is 49.8 Å². The van der Waals surface area contributed by atoms with Gasteiger partial charge in [0.1, 0.15) is 12.4 Å². The molecule has 0 saturated carbocycles. The van der Waals surface area contributed by atoms with Gasteiger partial charge >= 0.3 is 0 Å². The van der Waals surface area contributed by atoms with Crippen LogP contribution in [0.2, 0.25) is 0 Å². The van der Waals surface area contributed by atoms with Crippen molar-refractivity contribution < 1.29 is 19.0 Å². The van der Waals surface area contributed by atoms with Crippen molar-refractivity contribution in [1.82, 2.24) is 9.88 Å². The van der Waals surface area contributed by atoms with Gasteiger partial charge in [0.25, 0.3) is 0 Å². The largest absolute Gasteiger partial charge is 0.497 e. The number of nitrogens with zero attached hydrogens (tertiary/aromatic N) is 2. The first-order chi connectivity index (χ1) is 12.7. The van der Waals surface area contributed by atoms with E-state index in [0.29, 0.717) is 38.6 Å². The Morgan fingerprint density at radius 3 is 2.88 bits per heavy atom. The zero-order valence-corrected chi connectivity index (χ0v) is 15.2. The SMILES string of the molecule is COCCOc1ccc2c(n1)CCN(C(=O)Cc1cccc(OC)c1)C2. The van der Waals surface area contributed by atoms with Gasteiger partial charge in [-0.2, -0.15) is 0 Å². The van der Waals surface area contributed by atoms with Gasteiger partial charge in [0.2, 0.25) is 11.8 Å². The number of pyridine rings is 1. The summed E-state index contributed by atoms with van der Waals surface area (Å²) in [6.07, 6.45) is 1.11. The Bertz CT molecular complexity index is 763. The third-order valence-electron chi connectivity index (χ3n) is 4.40. The summed E-state index contributed by atoms with van der Waals surface area (Å²) in [4.78, 5) is 19.1. The second-order valence-electron chi connectivity index (χ2n) is 6.19. The molecule has 0 aliphatic carbocycles. The van der Waals surface area contributed by atoms with E-state index in [1.165, 1.54) is 0 Å². The number of fused-ring (bicyclic) bond motifs is 1. The summed E-state index contributed by atoms with van der Waals surface area (Å²) in [5.41, 5.74) is 3.04. The number of ether oxygens (including phenoxy) is 3. The minimum absolute atomic E-state index is 0.115. The molecule has 26 heavy (non-hydrogen) atoms. The van der Waals surface area contributed by atoms with Crippen LogP contribution in [0, 0.1) is 0 Å². The van der Waals surface area contributed by atoms with E-state index in [9.17, 15) is 4.79 Å². The fourth-order valence-electron chi connectivity index (χ4n) is 2.99. The third-order valence-corrected chi connectivity index (χ3v) is 4.40. The van der Waals surface area contributed by atoms with Gasteiger partial charge in [-0.1, -0.05) is 18.2 Å². The van der Waals surface area contributed by atoms with E-state index < -0.39 is 0 Å². The molecule has 0 bridgehead atoms. The highest BCUT2D eigenvalue weighted by atomic mass is 16.5. The Labute approximate surface area is 153 Å². The smallest absolute Gasteiger partial charge is 0.227 e. The first-order valence-corrected chi connectivity index (χ1v) is 8.71. The molecular weight excluding hydrogens is 332 g/mol. The van der Waals surface area contributed by atoms with Gasteiger partial charge in [-0.15, -0.1) is 0 Å². The lowest BCUT2D eigenvalue weighted by Gasteiger charge is -2.28. The van der Waals surface area contributed by atoms with Crippen LogP contribution in [0.15, 0.2) is 36.4 Å². The maximum Gasteiger partial charge on any atom is 0.227 e. The summed E-state index contributed by atoms with van der Waals surface area (Å²) < 4.78 is 15.8. The van der Waals surface area contributed by atoms with E-state index in [1.54, 1.807) is 14.2 Å². The van der Waals surface area contributed by atoms with Gasteiger partial charge in [-0.25, -0.2) is 4.98 Å². The third kappa shape index (κ3) is 4.52. The zero-order chi connectivity index (χ0) is 18.4. The van der Waals surface area contributed by atoms with Crippen LogP contribution in [0.1, 0.15) is 16.8 Å². The van der Waals surface area contributed by atoms with E-state index in [2.05, 4.69) is 4.98 Å². The standard InChI is InChI=1S/C20H24N2O4/c1-24-10-11-26-19-7-6-16-14-22(9-8-18(16)21-19)20(23)13-15-4-3-5-17(12-15)25-2/h3-7,12H,8-11,13-14H2,1-2H3. The minimum atomic E-state index is 0.115. The first-order valence-electron chi connectivity index (χ1n) is 8.71. The molecule has 138 valence electrons. The molecule has 0 N–H and O–H groups in total. The molecule has 1 aliphatic heterocycles. The quantitative estimate of drug-likeness (QED) is 0.712. The van der Waals surface area contributed by atoms with Gasteiger partial charge in [0, 0.05) is 32.7 Å². The first kappa shape index (κ1) is 18.2. The minimum Gasteiger partial charge on any atom is -0.497 e. The van der Waals surface area contributed by atoms with Crippen molar-refractivity contribution in [2.24, 2.45) is 0 Å². The lowest BCUT2D eigenvalue weighted by Crippen LogP contribution is -2.37. The van der Waals surface area contributed by atoms with Crippen LogP contribution < -0.4 is 9.47 Å². The predicted octanol–water partition coefficient (Wildman–Crippen LogP) is 2.24. The monoisotopic (exact) mass is 356 g/mol. The Morgan fingerprint density at radius 1 is 1.19 bits per heavy atom. The molecule has 6 nitrogen and oxygen atoms in total. The van der Waals surface area contributed by atoms with E-state index in [-0.39, 0.29) is 5.91 Å². The highest BCUT2D eigenvalue weighted by Crippen LogP contribution is 2.21. The van der Waals surface area contributed by atoms with Gasteiger partial charge < -0.3 is 19.1 Å². The average molecular weight is 356 g/mol. The van der Waals surface area contributed by atoms with Crippen LogP contribution in [-0.2, 0) is 28.9 Å². The number of methoxy groups -OCH3 is 2. The van der Waals surface area contributed by atoms with Crippen molar-refractivity contribution in [1.29, 1.82) is 0 Å². The molecule has 0 saturated heterocycles. The summed E-state index contributed by atoms with van der Waals surface area (Å²) in [6, 6.07) is 11.5. The van der Waals surface area contributed by atoms with Crippen molar-refractivity contribution >= 4 is 5.91 Å². The number of carbonyl (C=O) groups excluding carboxylic acids is 1. The number of carbonyl (C=O) groups is 1. The van der Waals surface area contributed by atoms with Crippen molar-refractivity contribution in [2.45, 2.75) is 19.4 Å². The van der Waals surface area contributed by atoms with Gasteiger partial charge in [0.15, 0.2) is 0 Å². The number of aromatic nitrogens is 1. The molecule has 0 atom stereocenters. The Hall–Kier alpha value is -2.60. The number of hydrogen-bond acceptors (Lipinski definition) is 5. The summed E-state index contributed by atoms with van der Waals surface area (Å²) in [7, 11) is 3.27. The van der Waals surface area contributed by atoms with Gasteiger partial charge in [0.05, 0.1) is 25.8 Å². The maximum atomic E-state index is 12.6. The average Bonchev–Trinajstić information content (AvgIpc) is 2.68. The molecule has 1 aliphatic rings. The Kier molecular flexibility index (Phi) is 6.07. The second kappa shape index (κ2) is 8.67. The van der Waals surface area contributed by atoms with E-state index in [1.807, 2.05) is 41.3 Å². The number of amides is 1. The fourth-order valence-corrected chi connectivity index (χ4v) is 2.99. The van der Waals surface area contributed by atoms with E-state index >= 15 is 0 Å². The van der Waals surface area contributed by atoms with Crippen LogP contribution in [0.4, 0.5) is 0 Å². The molecule has 0 spiro atoms. The molecule has 1 aromatic carbocycles. The molecule has 6 heteroatoms. The summed E-state index contributed by atoms with van der Waals surface area (Å²) in [5, 5.41) is 0. The Morgan fingerprint density at radius 2 is 2.08 bits per heavy atom. The maximum absolute atomic E-state index is 12.6. The normalized spacial score (nSPS) is 13.2. The number of benzene rings is 1. The molecule has 0 fully saturated rings. The summed E-state index contributed by atoms with van der Waals surface area (Å²) in [6.45, 7) is 2.27. The lowest BCUT2D eigenvalue weighted by atomic mass is 10.0. The lowest BCUT2D eigenvalue weighted by molar-refractivity contribution is -0.131. The molecule has 1 aromatic heterocycles. The van der Waals surface area contributed by atoms with Crippen LogP contribution in [0.5, 0.6) is 11.6 Å². The van der Waals surface area contributed by atoms with Crippen LogP contribution >= 0.6 is 0 Å². The number of hydrogen-bond donors (Lipinski definition) is 0. The van der Waals surface area contributed by atoms with Crippen LogP contribution in [0.25, 0.3) is 0 Å². The molecule has 2 aromatic rings. The van der Waals surface area contributed by atoms with Crippen molar-refractivity contribution in [3.63, 3.8) is 0 Å². The topological polar surface area (TPSA) is 60.9 Å². The van der Waals surface area contributed by atoms with E-state index in [0.717, 1.165) is 29.0 Å². The van der Waals surface area contributed by atoms with Gasteiger partial charge in [-0.05, 0) is 23.3 Å². The highest BCUT2D eigenvalue weighted by Gasteiger charge is 2.22. The van der Waals surface area contributed by atoms with Crippen LogP contribution in [0.3, 0.4) is 0 Å². The molecule has 0 radical (unpaired) electrons. The Balaban J connectivity index is 1.61. The van der Waals surface area contributed by atoms with Crippen molar-refractivity contribution in [2.75, 3.05) is 34.0 Å². The van der Waals surface area contributed by atoms with Crippen molar-refractivity contribution in [3.05, 3.63) is 53.2 Å². The zero-order valence-electron chi connectivity index (χ0n) is 15.2. The van der Waals surface area contributed by atoms with Gasteiger partial charge in [-0.3, -0.25) is 4.79 Å². The highest BCUT2D eigenvalue weighted by molar-refractivity contribution is 5.79. The summed E-state index contributed by atoms with van der Waals surface area (Å²) in [5.74, 6) is 1.49.